The molecule has 0 N–H and O–H groups in total. The number of rotatable bonds is 2. The second-order valence-corrected chi connectivity index (χ2v) is 8.05. The van der Waals surface area contributed by atoms with E-state index in [2.05, 4.69) is 5.10 Å². The molecule has 2 aromatic carbocycles. The Morgan fingerprint density at radius 1 is 1.00 bits per heavy atom. The smallest absolute Gasteiger partial charge is 0.286 e. The van der Waals surface area contributed by atoms with Crippen molar-refractivity contribution in [1.82, 2.24) is 4.90 Å². The Labute approximate surface area is 159 Å². The molecule has 1 amide bonds. The average molecular weight is 407 g/mol. The second kappa shape index (κ2) is 6.95. The highest BCUT2D eigenvalue weighted by atomic mass is 32.2. The molecule has 1 fully saturated rings. The number of sulfone groups is 1. The third-order valence-corrected chi connectivity index (χ3v) is 6.11. The Bertz CT molecular complexity index is 1060. The van der Waals surface area contributed by atoms with Gasteiger partial charge in [-0.25, -0.2) is 22.2 Å². The molecule has 1 saturated heterocycles. The van der Waals surface area contributed by atoms with Crippen molar-refractivity contribution in [3.63, 3.8) is 0 Å². The minimum Gasteiger partial charge on any atom is -0.378 e. The molecule has 0 aromatic heterocycles. The number of hydrogen-bond acceptors (Lipinski definition) is 6. The third-order valence-electron chi connectivity index (χ3n) is 4.44. The molecule has 0 aliphatic carbocycles. The molecule has 2 heterocycles. The van der Waals surface area contributed by atoms with Crippen molar-refractivity contribution in [2.24, 2.45) is 5.10 Å². The highest BCUT2D eigenvalue weighted by molar-refractivity contribution is 8.08. The van der Waals surface area contributed by atoms with Gasteiger partial charge in [0.15, 0.2) is 0 Å². The molecule has 2 aromatic rings. The highest BCUT2D eigenvalue weighted by Crippen LogP contribution is 2.37. The molecular formula is C18H15F2N3O4S. The SMILES string of the molecule is O=C(C1=NN(c2ccc(F)cc2)c2ccc(F)cc2S1(=O)=O)N1CCOCC1. The van der Waals surface area contributed by atoms with E-state index >= 15 is 0 Å². The summed E-state index contributed by atoms with van der Waals surface area (Å²) in [7, 11) is -4.34. The summed E-state index contributed by atoms with van der Waals surface area (Å²) in [6.07, 6.45) is 0. The number of amides is 1. The van der Waals surface area contributed by atoms with Crippen LogP contribution in [-0.2, 0) is 19.4 Å². The van der Waals surface area contributed by atoms with Crippen LogP contribution < -0.4 is 5.01 Å². The largest absolute Gasteiger partial charge is 0.378 e. The first-order valence-electron chi connectivity index (χ1n) is 8.44. The Hall–Kier alpha value is -2.85. The fourth-order valence-electron chi connectivity index (χ4n) is 3.02. The van der Waals surface area contributed by atoms with E-state index in [4.69, 9.17) is 4.74 Å². The molecule has 4 rings (SSSR count). The summed E-state index contributed by atoms with van der Waals surface area (Å²) < 4.78 is 58.3. The Morgan fingerprint density at radius 3 is 2.32 bits per heavy atom. The Balaban J connectivity index is 1.87. The van der Waals surface area contributed by atoms with Gasteiger partial charge >= 0.3 is 0 Å². The van der Waals surface area contributed by atoms with Crippen molar-refractivity contribution in [2.75, 3.05) is 31.3 Å². The van der Waals surface area contributed by atoms with Gasteiger partial charge in [-0.1, -0.05) is 0 Å². The first-order chi connectivity index (χ1) is 13.4. The maximum absolute atomic E-state index is 13.8. The molecule has 0 radical (unpaired) electrons. The topological polar surface area (TPSA) is 79.3 Å². The van der Waals surface area contributed by atoms with Crippen LogP contribution in [0.5, 0.6) is 0 Å². The molecule has 2 aliphatic rings. The normalized spacial score (nSPS) is 18.4. The van der Waals surface area contributed by atoms with Crippen molar-refractivity contribution in [1.29, 1.82) is 0 Å². The number of halogens is 2. The van der Waals surface area contributed by atoms with Crippen LogP contribution in [0.3, 0.4) is 0 Å². The number of carbonyl (C=O) groups excluding carboxylic acids is 1. The lowest BCUT2D eigenvalue weighted by Gasteiger charge is -2.31. The van der Waals surface area contributed by atoms with Gasteiger partial charge in [0, 0.05) is 13.1 Å². The number of hydrogen-bond donors (Lipinski definition) is 0. The first-order valence-corrected chi connectivity index (χ1v) is 9.92. The number of hydrazone groups is 1. The van der Waals surface area contributed by atoms with Crippen LogP contribution in [0.25, 0.3) is 0 Å². The minimum absolute atomic E-state index is 0.0755. The van der Waals surface area contributed by atoms with Crippen molar-refractivity contribution in [3.05, 3.63) is 54.1 Å². The summed E-state index contributed by atoms with van der Waals surface area (Å²) >= 11 is 0. The van der Waals surface area contributed by atoms with E-state index in [1.165, 1.54) is 40.2 Å². The Morgan fingerprint density at radius 2 is 1.64 bits per heavy atom. The standard InChI is InChI=1S/C18H15F2N3O4S/c19-12-1-4-14(5-2-12)23-15-6-3-13(20)11-16(15)28(25,26)17(21-23)18(24)22-7-9-27-10-8-22/h1-6,11H,7-10H2. The van der Waals surface area contributed by atoms with Gasteiger partial charge in [0.25, 0.3) is 5.91 Å². The number of ether oxygens (including phenoxy) is 1. The summed E-state index contributed by atoms with van der Waals surface area (Å²) in [5, 5.41) is 4.55. The number of morpholine rings is 1. The molecule has 0 atom stereocenters. The van der Waals surface area contributed by atoms with E-state index in [1.807, 2.05) is 0 Å². The van der Waals surface area contributed by atoms with Gasteiger partial charge in [0.2, 0.25) is 14.9 Å². The molecule has 10 heteroatoms. The maximum Gasteiger partial charge on any atom is 0.286 e. The molecule has 0 bridgehead atoms. The van der Waals surface area contributed by atoms with Crippen LogP contribution in [-0.4, -0.2) is 50.6 Å². The number of anilines is 2. The van der Waals surface area contributed by atoms with Gasteiger partial charge in [-0.05, 0) is 42.5 Å². The molecule has 0 spiro atoms. The molecule has 0 unspecified atom stereocenters. The molecule has 0 saturated carbocycles. The fourth-order valence-corrected chi connectivity index (χ4v) is 4.47. The van der Waals surface area contributed by atoms with Crippen LogP contribution >= 0.6 is 0 Å². The zero-order valence-electron chi connectivity index (χ0n) is 14.5. The van der Waals surface area contributed by atoms with Gasteiger partial charge in [-0.2, -0.15) is 0 Å². The summed E-state index contributed by atoms with van der Waals surface area (Å²) in [6.45, 7) is 1.01. The van der Waals surface area contributed by atoms with Gasteiger partial charge < -0.3 is 9.64 Å². The number of nitrogens with zero attached hydrogens (tertiary/aromatic N) is 3. The monoisotopic (exact) mass is 407 g/mol. The van der Waals surface area contributed by atoms with E-state index in [-0.39, 0.29) is 36.9 Å². The third kappa shape index (κ3) is 3.14. The number of benzene rings is 2. The number of fused-ring (bicyclic) bond motifs is 1. The van der Waals surface area contributed by atoms with Crippen LogP contribution in [0, 0.1) is 11.6 Å². The van der Waals surface area contributed by atoms with Crippen LogP contribution in [0.2, 0.25) is 0 Å². The van der Waals surface area contributed by atoms with Crippen LogP contribution in [0.4, 0.5) is 20.2 Å². The van der Waals surface area contributed by atoms with E-state index in [0.717, 1.165) is 12.1 Å². The van der Waals surface area contributed by atoms with E-state index in [9.17, 15) is 22.0 Å². The van der Waals surface area contributed by atoms with Gasteiger partial charge in [0.05, 0.1) is 24.6 Å². The predicted octanol–water partition coefficient (Wildman–Crippen LogP) is 2.06. The molecule has 146 valence electrons. The average Bonchev–Trinajstić information content (AvgIpc) is 2.69. The lowest BCUT2D eigenvalue weighted by Crippen LogP contribution is -2.47. The molecule has 7 nitrogen and oxygen atoms in total. The zero-order valence-corrected chi connectivity index (χ0v) is 15.3. The van der Waals surface area contributed by atoms with Gasteiger partial charge in [0.1, 0.15) is 16.5 Å². The molecular weight excluding hydrogens is 392 g/mol. The van der Waals surface area contributed by atoms with Crippen molar-refractivity contribution >= 4 is 32.2 Å². The van der Waals surface area contributed by atoms with E-state index in [1.54, 1.807) is 0 Å². The quantitative estimate of drug-likeness (QED) is 0.762. The Kier molecular flexibility index (Phi) is 4.60. The summed E-state index contributed by atoms with van der Waals surface area (Å²) in [5.74, 6) is -2.03. The summed E-state index contributed by atoms with van der Waals surface area (Å²) in [5.41, 5.74) is 0.406. The lowest BCUT2D eigenvalue weighted by molar-refractivity contribution is -0.127. The summed E-state index contributed by atoms with van der Waals surface area (Å²) in [6, 6.07) is 8.34. The van der Waals surface area contributed by atoms with Crippen LogP contribution in [0.1, 0.15) is 0 Å². The maximum atomic E-state index is 13.8. The molecule has 28 heavy (non-hydrogen) atoms. The fraction of sp³-hybridized carbons (Fsp3) is 0.222. The van der Waals surface area contributed by atoms with Gasteiger partial charge in [-0.3, -0.25) is 4.79 Å². The molecule has 2 aliphatic heterocycles. The predicted molar refractivity (Wildman–Crippen MR) is 97.0 cm³/mol. The highest BCUT2D eigenvalue weighted by Gasteiger charge is 2.40. The van der Waals surface area contributed by atoms with E-state index in [0.29, 0.717) is 5.69 Å². The van der Waals surface area contributed by atoms with Gasteiger partial charge in [-0.15, -0.1) is 5.10 Å². The van der Waals surface area contributed by atoms with Crippen LogP contribution in [0.15, 0.2) is 52.5 Å². The second-order valence-electron chi connectivity index (χ2n) is 6.21. The number of carbonyl (C=O) groups is 1. The van der Waals surface area contributed by atoms with Crippen molar-refractivity contribution in [3.8, 4) is 0 Å². The lowest BCUT2D eigenvalue weighted by atomic mass is 10.2. The first kappa shape index (κ1) is 18.5. The minimum atomic E-state index is -4.34. The van der Waals surface area contributed by atoms with E-state index < -0.39 is 32.4 Å². The summed E-state index contributed by atoms with van der Waals surface area (Å²) in [4.78, 5) is 13.8. The van der Waals surface area contributed by atoms with Crippen molar-refractivity contribution in [2.45, 2.75) is 4.90 Å². The van der Waals surface area contributed by atoms with Crippen molar-refractivity contribution < 1.29 is 26.7 Å². The zero-order chi connectivity index (χ0) is 19.9.